The summed E-state index contributed by atoms with van der Waals surface area (Å²) in [7, 11) is 0. The van der Waals surface area contributed by atoms with Crippen LogP contribution in [0, 0.1) is 24.0 Å². The average molecular weight is 283 g/mol. The summed E-state index contributed by atoms with van der Waals surface area (Å²) < 4.78 is 5.66. The molecule has 0 amide bonds. The molecule has 3 aromatic rings. The summed E-state index contributed by atoms with van der Waals surface area (Å²) >= 11 is 0. The van der Waals surface area contributed by atoms with Crippen molar-refractivity contribution in [2.75, 3.05) is 5.32 Å². The number of nitrogens with zero attached hydrogens (tertiary/aromatic N) is 2. The first-order valence-corrected chi connectivity index (χ1v) is 6.42. The van der Waals surface area contributed by atoms with Crippen molar-refractivity contribution < 1.29 is 9.34 Å². The van der Waals surface area contributed by atoms with E-state index in [1.807, 2.05) is 32.0 Å². The molecule has 0 radical (unpaired) electrons. The monoisotopic (exact) mass is 283 g/mol. The highest BCUT2D eigenvalue weighted by Gasteiger charge is 2.15. The quantitative estimate of drug-likeness (QED) is 0.578. The maximum Gasteiger partial charge on any atom is 0.311 e. The van der Waals surface area contributed by atoms with E-state index in [0.717, 1.165) is 22.3 Å². The van der Waals surface area contributed by atoms with Crippen molar-refractivity contribution in [2.24, 2.45) is 0 Å². The van der Waals surface area contributed by atoms with Gasteiger partial charge in [0.15, 0.2) is 0 Å². The minimum atomic E-state index is -0.463. The summed E-state index contributed by atoms with van der Waals surface area (Å²) in [5, 5.41) is 15.0. The van der Waals surface area contributed by atoms with Crippen LogP contribution in [0.25, 0.3) is 11.0 Å². The van der Waals surface area contributed by atoms with Crippen LogP contribution in [0.5, 0.6) is 0 Å². The second-order valence-corrected chi connectivity index (χ2v) is 4.75. The standard InChI is InChI=1S/C15H13N3O3/c1-9-10(2)21-14-8-11(5-6-12(9)14)17-15-13(18(19)20)4-3-7-16-15/h3-8H,1-2H3,(H,16,17). The van der Waals surface area contributed by atoms with E-state index in [1.165, 1.54) is 18.3 Å². The van der Waals surface area contributed by atoms with Gasteiger partial charge in [0.05, 0.1) is 4.92 Å². The molecule has 21 heavy (non-hydrogen) atoms. The van der Waals surface area contributed by atoms with Crippen LogP contribution in [0.2, 0.25) is 0 Å². The van der Waals surface area contributed by atoms with E-state index in [0.29, 0.717) is 5.69 Å². The number of nitrogens with one attached hydrogen (secondary N) is 1. The van der Waals surface area contributed by atoms with E-state index < -0.39 is 4.92 Å². The molecule has 1 N–H and O–H groups in total. The van der Waals surface area contributed by atoms with Crippen molar-refractivity contribution in [1.82, 2.24) is 4.98 Å². The lowest BCUT2D eigenvalue weighted by Crippen LogP contribution is -1.98. The number of furan rings is 1. The van der Waals surface area contributed by atoms with Gasteiger partial charge in [-0.05, 0) is 37.6 Å². The molecule has 0 unspecified atom stereocenters. The van der Waals surface area contributed by atoms with Crippen molar-refractivity contribution >= 4 is 28.2 Å². The second-order valence-electron chi connectivity index (χ2n) is 4.75. The molecule has 106 valence electrons. The van der Waals surface area contributed by atoms with E-state index in [-0.39, 0.29) is 11.5 Å². The first-order valence-electron chi connectivity index (χ1n) is 6.42. The number of nitro groups is 1. The summed E-state index contributed by atoms with van der Waals surface area (Å²) in [5.41, 5.74) is 2.47. The topological polar surface area (TPSA) is 81.2 Å². The third-order valence-corrected chi connectivity index (χ3v) is 3.42. The lowest BCUT2D eigenvalue weighted by Gasteiger charge is -2.05. The van der Waals surface area contributed by atoms with Crippen molar-refractivity contribution in [1.29, 1.82) is 0 Å². The largest absolute Gasteiger partial charge is 0.461 e. The van der Waals surface area contributed by atoms with Gasteiger partial charge in [-0.3, -0.25) is 10.1 Å². The Bertz CT molecular complexity index is 839. The summed E-state index contributed by atoms with van der Waals surface area (Å²) in [6.45, 7) is 3.91. The normalized spacial score (nSPS) is 10.8. The maximum absolute atomic E-state index is 11.0. The second kappa shape index (κ2) is 4.90. The molecule has 0 aliphatic rings. The predicted molar refractivity (Wildman–Crippen MR) is 79.9 cm³/mol. The van der Waals surface area contributed by atoms with Crippen molar-refractivity contribution in [3.63, 3.8) is 0 Å². The van der Waals surface area contributed by atoms with Crippen LogP contribution < -0.4 is 5.32 Å². The molecule has 6 nitrogen and oxygen atoms in total. The Morgan fingerprint density at radius 2 is 2.10 bits per heavy atom. The van der Waals surface area contributed by atoms with Crippen molar-refractivity contribution in [2.45, 2.75) is 13.8 Å². The fraction of sp³-hybridized carbons (Fsp3) is 0.133. The highest BCUT2D eigenvalue weighted by atomic mass is 16.6. The molecule has 6 heteroatoms. The minimum absolute atomic E-state index is 0.0654. The molecule has 0 atom stereocenters. The fourth-order valence-electron chi connectivity index (χ4n) is 2.20. The zero-order valence-corrected chi connectivity index (χ0v) is 11.6. The van der Waals surface area contributed by atoms with E-state index in [2.05, 4.69) is 10.3 Å². The third-order valence-electron chi connectivity index (χ3n) is 3.42. The van der Waals surface area contributed by atoms with Crippen molar-refractivity contribution in [3.8, 4) is 0 Å². The molecule has 0 aliphatic carbocycles. The van der Waals surface area contributed by atoms with Crippen LogP contribution in [-0.2, 0) is 0 Å². The Balaban J connectivity index is 2.01. The van der Waals surface area contributed by atoms with Gasteiger partial charge in [0.1, 0.15) is 11.3 Å². The Kier molecular flexibility index (Phi) is 3.06. The molecule has 0 bridgehead atoms. The molecule has 2 aromatic heterocycles. The van der Waals surface area contributed by atoms with E-state index in [9.17, 15) is 10.1 Å². The van der Waals surface area contributed by atoms with Crippen LogP contribution >= 0.6 is 0 Å². The first kappa shape index (κ1) is 13.1. The number of aryl methyl sites for hydroxylation is 2. The van der Waals surface area contributed by atoms with Crippen LogP contribution in [0.4, 0.5) is 17.2 Å². The maximum atomic E-state index is 11.0. The number of aromatic nitrogens is 1. The van der Waals surface area contributed by atoms with Crippen LogP contribution in [0.15, 0.2) is 40.9 Å². The molecular formula is C15H13N3O3. The SMILES string of the molecule is Cc1oc2cc(Nc3ncccc3[N+](=O)[O-])ccc2c1C. The summed E-state index contributed by atoms with van der Waals surface area (Å²) in [6, 6.07) is 8.54. The van der Waals surface area contributed by atoms with E-state index in [4.69, 9.17) is 4.42 Å². The molecule has 1 aromatic carbocycles. The van der Waals surface area contributed by atoms with Gasteiger partial charge < -0.3 is 9.73 Å². The highest BCUT2D eigenvalue weighted by Crippen LogP contribution is 2.30. The fourth-order valence-corrected chi connectivity index (χ4v) is 2.20. The summed E-state index contributed by atoms with van der Waals surface area (Å²) in [6.07, 6.45) is 1.51. The Labute approximate surface area is 120 Å². The first-order chi connectivity index (χ1) is 10.1. The van der Waals surface area contributed by atoms with Gasteiger partial charge in [0.2, 0.25) is 5.82 Å². The Morgan fingerprint density at radius 3 is 2.86 bits per heavy atom. The summed E-state index contributed by atoms with van der Waals surface area (Å²) in [4.78, 5) is 14.5. The molecular weight excluding hydrogens is 270 g/mol. The van der Waals surface area contributed by atoms with Crippen LogP contribution in [-0.4, -0.2) is 9.91 Å². The number of anilines is 2. The van der Waals surface area contributed by atoms with Gasteiger partial charge >= 0.3 is 5.69 Å². The van der Waals surface area contributed by atoms with Gasteiger partial charge in [0.25, 0.3) is 0 Å². The lowest BCUT2D eigenvalue weighted by atomic mass is 10.1. The lowest BCUT2D eigenvalue weighted by molar-refractivity contribution is -0.384. The molecule has 0 saturated carbocycles. The number of pyridine rings is 1. The number of rotatable bonds is 3. The molecule has 0 spiro atoms. The minimum Gasteiger partial charge on any atom is -0.461 e. The molecule has 3 rings (SSSR count). The van der Waals surface area contributed by atoms with Crippen molar-refractivity contribution in [3.05, 3.63) is 58.0 Å². The molecule has 0 aliphatic heterocycles. The predicted octanol–water partition coefficient (Wildman–Crippen LogP) is 4.10. The van der Waals surface area contributed by atoms with Crippen LogP contribution in [0.1, 0.15) is 11.3 Å². The van der Waals surface area contributed by atoms with Gasteiger partial charge in [-0.15, -0.1) is 0 Å². The molecule has 2 heterocycles. The van der Waals surface area contributed by atoms with Gasteiger partial charge in [-0.25, -0.2) is 4.98 Å². The van der Waals surface area contributed by atoms with E-state index >= 15 is 0 Å². The van der Waals surface area contributed by atoms with Gasteiger partial charge in [-0.1, -0.05) is 0 Å². The molecule has 0 fully saturated rings. The van der Waals surface area contributed by atoms with Gasteiger partial charge in [0, 0.05) is 29.4 Å². The number of benzene rings is 1. The zero-order chi connectivity index (χ0) is 15.0. The average Bonchev–Trinajstić information content (AvgIpc) is 2.74. The number of hydrogen-bond donors (Lipinski definition) is 1. The highest BCUT2D eigenvalue weighted by molar-refractivity contribution is 5.86. The Hall–Kier alpha value is -2.89. The number of hydrogen-bond acceptors (Lipinski definition) is 5. The molecule has 0 saturated heterocycles. The number of fused-ring (bicyclic) bond motifs is 1. The third kappa shape index (κ3) is 2.31. The van der Waals surface area contributed by atoms with E-state index in [1.54, 1.807) is 0 Å². The summed E-state index contributed by atoms with van der Waals surface area (Å²) in [5.74, 6) is 1.08. The van der Waals surface area contributed by atoms with Gasteiger partial charge in [-0.2, -0.15) is 0 Å². The van der Waals surface area contributed by atoms with Crippen LogP contribution in [0.3, 0.4) is 0 Å². The Morgan fingerprint density at radius 1 is 1.29 bits per heavy atom. The zero-order valence-electron chi connectivity index (χ0n) is 11.6. The smallest absolute Gasteiger partial charge is 0.311 e.